The van der Waals surface area contributed by atoms with Crippen LogP contribution in [0.1, 0.15) is 57.7 Å². The maximum atomic E-state index is 13.7. The second-order valence-electron chi connectivity index (χ2n) is 10.6. The number of piperidine rings is 1. The molecule has 1 aliphatic rings. The summed E-state index contributed by atoms with van der Waals surface area (Å²) in [5, 5.41) is 4.14. The molecule has 0 radical (unpaired) electrons. The van der Waals surface area contributed by atoms with Gasteiger partial charge in [-0.1, -0.05) is 45.0 Å². The molecule has 0 spiro atoms. The molecule has 0 amide bonds. The minimum absolute atomic E-state index is 0.0190. The van der Waals surface area contributed by atoms with Crippen LogP contribution < -0.4 is 10.9 Å². The number of rotatable bonds is 6. The Balaban J connectivity index is 1.48. The predicted octanol–water partition coefficient (Wildman–Crippen LogP) is 5.24. The molecule has 1 aliphatic heterocycles. The standard InChI is InChI=1S/C26H33F2N5O/c1-18(20-8-6-19(7-9-20)15-32-13-5-12-26(27,28)17-32)30-24-29-14-21-10-11-22(34)33(23(21)31-24)16-25(2,3)4/h6-11,14,18H,5,12-13,15-17H2,1-4H3,(H,29,30,31). The third-order valence-electron chi connectivity index (χ3n) is 6.06. The van der Waals surface area contributed by atoms with Gasteiger partial charge in [-0.2, -0.15) is 4.98 Å². The highest BCUT2D eigenvalue weighted by Crippen LogP contribution is 2.28. The fourth-order valence-corrected chi connectivity index (χ4v) is 4.40. The Morgan fingerprint density at radius 1 is 1.15 bits per heavy atom. The van der Waals surface area contributed by atoms with Gasteiger partial charge in [-0.3, -0.25) is 14.3 Å². The highest BCUT2D eigenvalue weighted by molar-refractivity contribution is 5.75. The molecule has 182 valence electrons. The lowest BCUT2D eigenvalue weighted by Gasteiger charge is -2.32. The Hall–Kier alpha value is -2.87. The molecule has 6 nitrogen and oxygen atoms in total. The van der Waals surface area contributed by atoms with Crippen molar-refractivity contribution in [3.63, 3.8) is 0 Å². The fourth-order valence-electron chi connectivity index (χ4n) is 4.40. The van der Waals surface area contributed by atoms with Gasteiger partial charge in [-0.05, 0) is 42.5 Å². The van der Waals surface area contributed by atoms with E-state index in [-0.39, 0.29) is 30.0 Å². The van der Waals surface area contributed by atoms with Crippen LogP contribution in [0.15, 0.2) is 47.4 Å². The molecule has 1 saturated heterocycles. The first-order chi connectivity index (χ1) is 16.0. The van der Waals surface area contributed by atoms with Gasteiger partial charge in [0.15, 0.2) is 0 Å². The van der Waals surface area contributed by atoms with Crippen LogP contribution in [-0.4, -0.2) is 38.4 Å². The highest BCUT2D eigenvalue weighted by Gasteiger charge is 2.34. The van der Waals surface area contributed by atoms with E-state index in [4.69, 9.17) is 0 Å². The van der Waals surface area contributed by atoms with Gasteiger partial charge in [0.1, 0.15) is 5.65 Å². The Kier molecular flexibility index (Phi) is 6.71. The number of aromatic nitrogens is 3. The molecule has 1 unspecified atom stereocenters. The smallest absolute Gasteiger partial charge is 0.260 e. The van der Waals surface area contributed by atoms with E-state index in [9.17, 15) is 13.6 Å². The number of hydrogen-bond donors (Lipinski definition) is 1. The normalized spacial score (nSPS) is 17.6. The van der Waals surface area contributed by atoms with Crippen molar-refractivity contribution in [3.05, 3.63) is 64.1 Å². The number of nitrogens with one attached hydrogen (secondary N) is 1. The van der Waals surface area contributed by atoms with Gasteiger partial charge in [0, 0.05) is 37.2 Å². The van der Waals surface area contributed by atoms with Crippen molar-refractivity contribution in [3.8, 4) is 0 Å². The van der Waals surface area contributed by atoms with Crippen LogP contribution in [-0.2, 0) is 13.1 Å². The number of anilines is 1. The summed E-state index contributed by atoms with van der Waals surface area (Å²) in [6.07, 6.45) is 2.24. The molecular weight excluding hydrogens is 436 g/mol. The zero-order chi connectivity index (χ0) is 24.5. The molecule has 8 heteroatoms. The van der Waals surface area contributed by atoms with Gasteiger partial charge < -0.3 is 5.32 Å². The molecule has 2 aromatic heterocycles. The van der Waals surface area contributed by atoms with E-state index < -0.39 is 5.92 Å². The van der Waals surface area contributed by atoms with Crippen LogP contribution in [0.25, 0.3) is 11.0 Å². The van der Waals surface area contributed by atoms with Crippen LogP contribution in [0.5, 0.6) is 0 Å². The SMILES string of the molecule is CC(Nc1ncc2ccc(=O)n(CC(C)(C)C)c2n1)c1ccc(CN2CCCC(F)(F)C2)cc1. The minimum Gasteiger partial charge on any atom is -0.348 e. The lowest BCUT2D eigenvalue weighted by Crippen LogP contribution is -2.41. The van der Waals surface area contributed by atoms with Crippen LogP contribution in [0.3, 0.4) is 0 Å². The molecule has 0 bridgehead atoms. The van der Waals surface area contributed by atoms with E-state index in [1.165, 1.54) is 0 Å². The topological polar surface area (TPSA) is 63.1 Å². The van der Waals surface area contributed by atoms with E-state index >= 15 is 0 Å². The summed E-state index contributed by atoms with van der Waals surface area (Å²) in [4.78, 5) is 23.4. The molecule has 1 atom stereocenters. The van der Waals surface area contributed by atoms with Gasteiger partial charge in [-0.15, -0.1) is 0 Å². The molecule has 0 aliphatic carbocycles. The van der Waals surface area contributed by atoms with E-state index in [0.717, 1.165) is 16.5 Å². The lowest BCUT2D eigenvalue weighted by atomic mass is 9.97. The number of benzene rings is 1. The molecular formula is C26H33F2N5O. The van der Waals surface area contributed by atoms with Gasteiger partial charge in [0.05, 0.1) is 12.6 Å². The average Bonchev–Trinajstić information content (AvgIpc) is 2.75. The van der Waals surface area contributed by atoms with Crippen LogP contribution in [0.4, 0.5) is 14.7 Å². The molecule has 3 heterocycles. The van der Waals surface area contributed by atoms with E-state index in [1.54, 1.807) is 22.9 Å². The first-order valence-corrected chi connectivity index (χ1v) is 11.8. The summed E-state index contributed by atoms with van der Waals surface area (Å²) in [5.74, 6) is -2.14. The number of likely N-dealkylation sites (tertiary alicyclic amines) is 1. The summed E-state index contributed by atoms with van der Waals surface area (Å²) < 4.78 is 29.1. The average molecular weight is 470 g/mol. The van der Waals surface area contributed by atoms with Crippen molar-refractivity contribution >= 4 is 17.0 Å². The van der Waals surface area contributed by atoms with Crippen molar-refractivity contribution in [1.82, 2.24) is 19.4 Å². The summed E-state index contributed by atoms with van der Waals surface area (Å²) >= 11 is 0. The first-order valence-electron chi connectivity index (χ1n) is 11.8. The Bertz CT molecular complexity index is 1200. The number of hydrogen-bond acceptors (Lipinski definition) is 5. The van der Waals surface area contributed by atoms with E-state index in [0.29, 0.717) is 37.7 Å². The highest BCUT2D eigenvalue weighted by atomic mass is 19.3. The predicted molar refractivity (Wildman–Crippen MR) is 131 cm³/mol. The second-order valence-corrected chi connectivity index (χ2v) is 10.6. The number of nitrogens with zero attached hydrogens (tertiary/aromatic N) is 4. The zero-order valence-corrected chi connectivity index (χ0v) is 20.3. The monoisotopic (exact) mass is 469 g/mol. The molecule has 34 heavy (non-hydrogen) atoms. The summed E-state index contributed by atoms with van der Waals surface area (Å²) in [6.45, 7) is 9.88. The number of pyridine rings is 1. The van der Waals surface area contributed by atoms with Gasteiger partial charge >= 0.3 is 0 Å². The molecule has 1 aromatic carbocycles. The van der Waals surface area contributed by atoms with Crippen molar-refractivity contribution < 1.29 is 8.78 Å². The van der Waals surface area contributed by atoms with Crippen molar-refractivity contribution in [2.24, 2.45) is 5.41 Å². The maximum Gasteiger partial charge on any atom is 0.260 e. The lowest BCUT2D eigenvalue weighted by molar-refractivity contribution is -0.0661. The third-order valence-corrected chi connectivity index (χ3v) is 6.06. The summed E-state index contributed by atoms with van der Waals surface area (Å²) in [6, 6.07) is 11.2. The van der Waals surface area contributed by atoms with Crippen LogP contribution >= 0.6 is 0 Å². The first kappa shape index (κ1) is 24.3. The molecule has 4 rings (SSSR count). The number of fused-ring (bicyclic) bond motifs is 1. The Labute approximate surface area is 199 Å². The summed E-state index contributed by atoms with van der Waals surface area (Å²) in [5.41, 5.74) is 2.51. The number of halogens is 2. The molecule has 0 saturated carbocycles. The largest absolute Gasteiger partial charge is 0.348 e. The Morgan fingerprint density at radius 2 is 1.88 bits per heavy atom. The summed E-state index contributed by atoms with van der Waals surface area (Å²) in [7, 11) is 0. The van der Waals surface area contributed by atoms with E-state index in [2.05, 4.69) is 36.1 Å². The quantitative estimate of drug-likeness (QED) is 0.535. The fraction of sp³-hybridized carbons (Fsp3) is 0.500. The maximum absolute atomic E-state index is 13.7. The minimum atomic E-state index is -2.59. The van der Waals surface area contributed by atoms with Crippen molar-refractivity contribution in [1.29, 1.82) is 0 Å². The number of alkyl halides is 2. The molecule has 1 N–H and O–H groups in total. The van der Waals surface area contributed by atoms with Gasteiger partial charge in [-0.25, -0.2) is 13.8 Å². The van der Waals surface area contributed by atoms with Gasteiger partial charge in [0.25, 0.3) is 11.5 Å². The van der Waals surface area contributed by atoms with Gasteiger partial charge in [0.2, 0.25) is 5.95 Å². The molecule has 3 aromatic rings. The van der Waals surface area contributed by atoms with Crippen LogP contribution in [0, 0.1) is 5.41 Å². The van der Waals surface area contributed by atoms with E-state index in [1.807, 2.05) is 36.1 Å². The zero-order valence-electron chi connectivity index (χ0n) is 20.3. The van der Waals surface area contributed by atoms with Crippen molar-refractivity contribution in [2.45, 2.75) is 65.6 Å². The van der Waals surface area contributed by atoms with Crippen molar-refractivity contribution in [2.75, 3.05) is 18.4 Å². The third kappa shape index (κ3) is 5.97. The molecule has 1 fully saturated rings. The second kappa shape index (κ2) is 9.41. The van der Waals surface area contributed by atoms with Crippen LogP contribution in [0.2, 0.25) is 0 Å². The Morgan fingerprint density at radius 3 is 2.56 bits per heavy atom.